The summed E-state index contributed by atoms with van der Waals surface area (Å²) in [7, 11) is 0. The van der Waals surface area contributed by atoms with Gasteiger partial charge in [0.2, 0.25) is 5.79 Å². The highest BCUT2D eigenvalue weighted by atomic mass is 16.6. The number of ether oxygens (including phenoxy) is 1. The van der Waals surface area contributed by atoms with Gasteiger partial charge in [-0.05, 0) is 12.1 Å². The van der Waals surface area contributed by atoms with Crippen LogP contribution in [-0.2, 0) is 4.74 Å². The van der Waals surface area contributed by atoms with Crippen LogP contribution >= 0.6 is 0 Å². The highest BCUT2D eigenvalue weighted by Gasteiger charge is 2.75. The number of guanidine groups is 2. The van der Waals surface area contributed by atoms with E-state index in [0.29, 0.717) is 5.69 Å². The van der Waals surface area contributed by atoms with Gasteiger partial charge in [0, 0.05) is 5.69 Å². The number of anilines is 1. The molecule has 4 atom stereocenters. The molecule has 1 aromatic carbocycles. The first-order valence-corrected chi connectivity index (χ1v) is 8.64. The molecule has 3 fully saturated rings. The van der Waals surface area contributed by atoms with Gasteiger partial charge in [0.05, 0.1) is 25.2 Å². The largest absolute Gasteiger partial charge is 0.438 e. The number of para-hydroxylation sites is 1. The fourth-order valence-corrected chi connectivity index (χ4v) is 4.07. The Hall–Kier alpha value is -3.09. The number of aliphatic hydroxyl groups excluding tert-OH is 1. The van der Waals surface area contributed by atoms with Crippen molar-refractivity contribution in [3.63, 3.8) is 0 Å². The molecule has 28 heavy (non-hydrogen) atoms. The normalized spacial score (nSPS) is 32.5. The van der Waals surface area contributed by atoms with Gasteiger partial charge in [0.25, 0.3) is 0 Å². The van der Waals surface area contributed by atoms with E-state index >= 15 is 0 Å². The lowest BCUT2D eigenvalue weighted by atomic mass is 9.85. The Balaban J connectivity index is 1.61. The van der Waals surface area contributed by atoms with Crippen LogP contribution in [0.1, 0.15) is 0 Å². The van der Waals surface area contributed by atoms with Gasteiger partial charge in [-0.2, -0.15) is 0 Å². The van der Waals surface area contributed by atoms with Gasteiger partial charge in [-0.3, -0.25) is 16.1 Å². The van der Waals surface area contributed by atoms with Crippen molar-refractivity contribution in [1.29, 1.82) is 10.8 Å². The van der Waals surface area contributed by atoms with Gasteiger partial charge in [-0.25, -0.2) is 4.79 Å². The highest BCUT2D eigenvalue weighted by Crippen LogP contribution is 2.43. The summed E-state index contributed by atoms with van der Waals surface area (Å²) in [5, 5.41) is 58.3. The van der Waals surface area contributed by atoms with E-state index in [1.54, 1.807) is 30.3 Å². The topological polar surface area (TPSA) is 186 Å². The van der Waals surface area contributed by atoms with Gasteiger partial charge < -0.3 is 40.9 Å². The van der Waals surface area contributed by atoms with Crippen molar-refractivity contribution in [2.75, 3.05) is 18.5 Å². The maximum absolute atomic E-state index is 12.3. The van der Waals surface area contributed by atoms with Gasteiger partial charge >= 0.3 is 6.09 Å². The second-order valence-electron chi connectivity index (χ2n) is 6.89. The van der Waals surface area contributed by atoms with Crippen molar-refractivity contribution in [1.82, 2.24) is 20.9 Å². The van der Waals surface area contributed by atoms with Crippen molar-refractivity contribution < 1.29 is 24.9 Å². The summed E-state index contributed by atoms with van der Waals surface area (Å²) in [6, 6.07) is 6.87. The molecule has 3 heterocycles. The molecule has 0 bridgehead atoms. The molecule has 0 aromatic heterocycles. The average molecular weight is 391 g/mol. The Morgan fingerprint density at radius 3 is 2.68 bits per heavy atom. The van der Waals surface area contributed by atoms with E-state index in [1.807, 2.05) is 0 Å². The zero-order valence-electron chi connectivity index (χ0n) is 14.6. The number of hydrogen-bond donors (Lipinski definition) is 9. The molecule has 12 heteroatoms. The van der Waals surface area contributed by atoms with Crippen LogP contribution in [0.4, 0.5) is 10.5 Å². The third-order valence-electron chi connectivity index (χ3n) is 5.31. The minimum Gasteiger partial charge on any atom is -0.438 e. The molecule has 1 spiro atoms. The quantitative estimate of drug-likeness (QED) is 0.255. The lowest BCUT2D eigenvalue weighted by Crippen LogP contribution is -2.80. The van der Waals surface area contributed by atoms with E-state index in [1.165, 1.54) is 4.90 Å². The van der Waals surface area contributed by atoms with Crippen LogP contribution in [0.3, 0.4) is 0 Å². The van der Waals surface area contributed by atoms with Crippen LogP contribution in [0, 0.1) is 10.8 Å². The number of amides is 1. The van der Waals surface area contributed by atoms with Crippen molar-refractivity contribution in [3.05, 3.63) is 30.3 Å². The summed E-state index contributed by atoms with van der Waals surface area (Å²) in [5.41, 5.74) is -1.30. The molecule has 0 radical (unpaired) electrons. The van der Waals surface area contributed by atoms with E-state index in [-0.39, 0.29) is 18.5 Å². The van der Waals surface area contributed by atoms with Gasteiger partial charge in [-0.1, -0.05) is 18.2 Å². The minimum absolute atomic E-state index is 0.193. The van der Waals surface area contributed by atoms with Crippen LogP contribution in [0.5, 0.6) is 0 Å². The molecule has 0 saturated carbocycles. The second kappa shape index (κ2) is 6.22. The zero-order valence-corrected chi connectivity index (χ0v) is 14.6. The monoisotopic (exact) mass is 391 g/mol. The smallest absolute Gasteiger partial charge is 0.412 e. The van der Waals surface area contributed by atoms with Crippen LogP contribution in [0.15, 0.2) is 30.3 Å². The van der Waals surface area contributed by atoms with Gasteiger partial charge in [0.1, 0.15) is 0 Å². The molecule has 1 aromatic rings. The number of benzene rings is 1. The molecule has 9 N–H and O–H groups in total. The Morgan fingerprint density at radius 2 is 2.00 bits per heavy atom. The molecular weight excluding hydrogens is 370 g/mol. The lowest BCUT2D eigenvalue weighted by Gasteiger charge is -2.50. The highest BCUT2D eigenvalue weighted by molar-refractivity contribution is 5.88. The van der Waals surface area contributed by atoms with E-state index in [9.17, 15) is 20.1 Å². The Morgan fingerprint density at radius 1 is 1.29 bits per heavy atom. The summed E-state index contributed by atoms with van der Waals surface area (Å²) in [4.78, 5) is 13.5. The first kappa shape index (κ1) is 18.3. The van der Waals surface area contributed by atoms with E-state index < -0.39 is 42.3 Å². The fraction of sp³-hybridized carbons (Fsp3) is 0.438. The van der Waals surface area contributed by atoms with Crippen LogP contribution < -0.4 is 21.3 Å². The molecule has 4 rings (SSSR count). The summed E-state index contributed by atoms with van der Waals surface area (Å²) < 4.78 is 5.26. The number of rotatable bonds is 3. The van der Waals surface area contributed by atoms with Crippen molar-refractivity contribution >= 4 is 23.7 Å². The minimum atomic E-state index is -2.66. The Labute approximate surface area is 159 Å². The Bertz CT molecular complexity index is 819. The molecule has 3 saturated heterocycles. The molecule has 150 valence electrons. The molecule has 3 aliphatic heterocycles. The zero-order chi connectivity index (χ0) is 20.1. The third-order valence-corrected chi connectivity index (χ3v) is 5.31. The van der Waals surface area contributed by atoms with Crippen molar-refractivity contribution in [2.24, 2.45) is 0 Å². The molecule has 0 aliphatic carbocycles. The lowest BCUT2D eigenvalue weighted by molar-refractivity contribution is -0.257. The molecule has 3 aliphatic rings. The van der Waals surface area contributed by atoms with Crippen LogP contribution in [-0.4, -0.2) is 81.0 Å². The maximum atomic E-state index is 12.3. The second-order valence-corrected chi connectivity index (χ2v) is 6.89. The number of nitrogens with zero attached hydrogens (tertiary/aromatic N) is 1. The summed E-state index contributed by atoms with van der Waals surface area (Å²) in [6.45, 7) is -0.627. The predicted molar refractivity (Wildman–Crippen MR) is 96.5 cm³/mol. The molecule has 0 unspecified atom stereocenters. The number of carbonyl (C=O) groups excluding carboxylic acids is 1. The summed E-state index contributed by atoms with van der Waals surface area (Å²) in [6.07, 6.45) is -2.32. The summed E-state index contributed by atoms with van der Waals surface area (Å²) >= 11 is 0. The number of hydrogen-bond acceptors (Lipinski definition) is 7. The fourth-order valence-electron chi connectivity index (χ4n) is 4.07. The van der Waals surface area contributed by atoms with Crippen LogP contribution in [0.2, 0.25) is 0 Å². The van der Waals surface area contributed by atoms with E-state index in [2.05, 4.69) is 21.3 Å². The standard InChI is InChI=1S/C16H21N7O5/c17-12-21-11-9(7-24)20-13(18)23-6-10(16(26,27)15(11,23)22-12)28-14(25)19-8-4-2-1-3-5-8/h1-5,9-11,24,26-27H,6-7H2,(H2,18,20)(H,19,25)(H3,17,21,22)/t9-,10-,11-,15-/m0/s1. The number of nitrogens with one attached hydrogen (secondary N) is 6. The van der Waals surface area contributed by atoms with Gasteiger partial charge in [-0.15, -0.1) is 0 Å². The van der Waals surface area contributed by atoms with Crippen LogP contribution in [0.25, 0.3) is 0 Å². The van der Waals surface area contributed by atoms with Crippen molar-refractivity contribution in [2.45, 2.75) is 29.6 Å². The first-order valence-electron chi connectivity index (χ1n) is 8.64. The predicted octanol–water partition coefficient (Wildman–Crippen LogP) is -2.31. The first-order chi connectivity index (χ1) is 13.3. The molecule has 1 amide bonds. The van der Waals surface area contributed by atoms with Crippen molar-refractivity contribution in [3.8, 4) is 0 Å². The Kier molecular flexibility index (Phi) is 4.06. The molecule has 12 nitrogen and oxygen atoms in total. The molecular formula is C16H21N7O5. The SMILES string of the molecule is N=C1N[C@H]2[C@H](CO)NC(=N)N3C[C@H](OC(=O)Nc4ccccc4)C(O)(O)[C@]23N1. The number of aliphatic hydroxyl groups is 3. The summed E-state index contributed by atoms with van der Waals surface area (Å²) in [5.74, 6) is -3.06. The van der Waals surface area contributed by atoms with E-state index in [0.717, 1.165) is 0 Å². The van der Waals surface area contributed by atoms with E-state index in [4.69, 9.17) is 15.6 Å². The van der Waals surface area contributed by atoms with Gasteiger partial charge in [0.15, 0.2) is 23.7 Å². The number of carbonyl (C=O) groups is 1. The third kappa shape index (κ3) is 2.46. The average Bonchev–Trinajstić information content (AvgIpc) is 3.11. The maximum Gasteiger partial charge on any atom is 0.412 e.